The third kappa shape index (κ3) is 3.15. The average molecular weight is 357 g/mol. The van der Waals surface area contributed by atoms with Crippen molar-refractivity contribution in [3.63, 3.8) is 0 Å². The molecule has 0 atom stereocenters. The highest BCUT2D eigenvalue weighted by molar-refractivity contribution is 9.10. The molecule has 5 nitrogen and oxygen atoms in total. The van der Waals surface area contributed by atoms with Crippen LogP contribution >= 0.6 is 27.5 Å². The van der Waals surface area contributed by atoms with Crippen molar-refractivity contribution < 1.29 is 14.5 Å². The molecule has 0 saturated carbocycles. The Hall–Kier alpha value is -1.92. The number of benzene rings is 2. The molecule has 0 aliphatic heterocycles. The fourth-order valence-corrected chi connectivity index (χ4v) is 2.22. The van der Waals surface area contributed by atoms with Crippen LogP contribution in [0.1, 0.15) is 10.4 Å². The van der Waals surface area contributed by atoms with Gasteiger partial charge in [-0.2, -0.15) is 0 Å². The number of carbonyl (C=O) groups is 1. The van der Waals surface area contributed by atoms with E-state index in [-0.39, 0.29) is 10.7 Å². The first-order chi connectivity index (χ1) is 9.51. The molecule has 2 aromatic carbocycles. The predicted octanol–water partition coefficient (Wildman–Crippen LogP) is 4.62. The van der Waals surface area contributed by atoms with Gasteiger partial charge in [0.15, 0.2) is 0 Å². The molecule has 102 valence electrons. The molecule has 0 heterocycles. The van der Waals surface area contributed by atoms with Crippen LogP contribution in [0, 0.1) is 10.1 Å². The standard InChI is InChI=1S/C13H7BrClNO4/c14-10-5-8(7-17)1-4-13(10)20-9-2-3-12(16(18)19)11(15)6-9/h1-7H. The Morgan fingerprint density at radius 2 is 2.00 bits per heavy atom. The Balaban J connectivity index is 2.28. The number of nitro groups is 1. The van der Waals surface area contributed by atoms with Gasteiger partial charge in [0.05, 0.1) is 9.40 Å². The molecule has 0 spiro atoms. The van der Waals surface area contributed by atoms with Crippen molar-refractivity contribution in [1.82, 2.24) is 0 Å². The molecule has 0 radical (unpaired) electrons. The molecule has 0 saturated heterocycles. The van der Waals surface area contributed by atoms with E-state index in [0.29, 0.717) is 21.5 Å². The molecule has 7 heteroatoms. The van der Waals surface area contributed by atoms with Gasteiger partial charge < -0.3 is 4.74 Å². The molecule has 0 fully saturated rings. The van der Waals surface area contributed by atoms with Gasteiger partial charge in [0.2, 0.25) is 0 Å². The number of aldehydes is 1. The Bertz CT molecular complexity index is 690. The second-order valence-electron chi connectivity index (χ2n) is 3.78. The maximum Gasteiger partial charge on any atom is 0.288 e. The summed E-state index contributed by atoms with van der Waals surface area (Å²) in [6, 6.07) is 8.90. The van der Waals surface area contributed by atoms with Gasteiger partial charge in [-0.05, 0) is 40.2 Å². The van der Waals surface area contributed by atoms with Gasteiger partial charge in [-0.1, -0.05) is 11.6 Å². The molecule has 20 heavy (non-hydrogen) atoms. The van der Waals surface area contributed by atoms with Gasteiger partial charge in [0.25, 0.3) is 5.69 Å². The lowest BCUT2D eigenvalue weighted by atomic mass is 10.2. The summed E-state index contributed by atoms with van der Waals surface area (Å²) in [7, 11) is 0. The zero-order valence-corrected chi connectivity index (χ0v) is 12.2. The smallest absolute Gasteiger partial charge is 0.288 e. The number of hydrogen-bond donors (Lipinski definition) is 0. The summed E-state index contributed by atoms with van der Waals surface area (Å²) in [5.74, 6) is 0.834. The summed E-state index contributed by atoms with van der Waals surface area (Å²) in [5, 5.41) is 10.6. The van der Waals surface area contributed by atoms with Gasteiger partial charge in [-0.15, -0.1) is 0 Å². The number of ether oxygens (including phenoxy) is 1. The van der Waals surface area contributed by atoms with Crippen molar-refractivity contribution >= 4 is 39.5 Å². The normalized spacial score (nSPS) is 10.1. The summed E-state index contributed by atoms with van der Waals surface area (Å²) in [6.45, 7) is 0. The second-order valence-corrected chi connectivity index (χ2v) is 5.04. The Kier molecular flexibility index (Phi) is 4.36. The number of carbonyl (C=O) groups excluding carboxylic acids is 1. The lowest BCUT2D eigenvalue weighted by Crippen LogP contribution is -1.91. The molecular weight excluding hydrogens is 350 g/mol. The predicted molar refractivity (Wildman–Crippen MR) is 77.7 cm³/mol. The van der Waals surface area contributed by atoms with Crippen LogP contribution in [0.3, 0.4) is 0 Å². The van der Waals surface area contributed by atoms with Crippen LogP contribution in [-0.4, -0.2) is 11.2 Å². The fourth-order valence-electron chi connectivity index (χ4n) is 1.50. The molecule has 0 aliphatic carbocycles. The molecule has 0 unspecified atom stereocenters. The van der Waals surface area contributed by atoms with Crippen LogP contribution in [0.25, 0.3) is 0 Å². The van der Waals surface area contributed by atoms with E-state index >= 15 is 0 Å². The second kappa shape index (κ2) is 6.02. The quantitative estimate of drug-likeness (QED) is 0.455. The lowest BCUT2D eigenvalue weighted by molar-refractivity contribution is -0.384. The highest BCUT2D eigenvalue weighted by Gasteiger charge is 2.13. The van der Waals surface area contributed by atoms with Crippen LogP contribution in [0.5, 0.6) is 11.5 Å². The molecule has 0 amide bonds. The van der Waals surface area contributed by atoms with Gasteiger partial charge in [-0.25, -0.2) is 0 Å². The molecule has 0 bridgehead atoms. The number of rotatable bonds is 4. The molecule has 2 aromatic rings. The highest BCUT2D eigenvalue weighted by atomic mass is 79.9. The number of nitrogens with zero attached hydrogens (tertiary/aromatic N) is 1. The first kappa shape index (κ1) is 14.5. The largest absolute Gasteiger partial charge is 0.456 e. The number of nitro benzene ring substituents is 1. The van der Waals surface area contributed by atoms with Crippen molar-refractivity contribution in [2.45, 2.75) is 0 Å². The third-order valence-electron chi connectivity index (χ3n) is 2.44. The van der Waals surface area contributed by atoms with E-state index in [0.717, 1.165) is 6.29 Å². The fraction of sp³-hybridized carbons (Fsp3) is 0. The van der Waals surface area contributed by atoms with Crippen LogP contribution in [0.4, 0.5) is 5.69 Å². The summed E-state index contributed by atoms with van der Waals surface area (Å²) in [5.41, 5.74) is 0.320. The Morgan fingerprint density at radius 3 is 2.55 bits per heavy atom. The SMILES string of the molecule is O=Cc1ccc(Oc2ccc([N+](=O)[O-])c(Cl)c2)c(Br)c1. The zero-order valence-electron chi connectivity index (χ0n) is 9.88. The molecule has 0 aliphatic rings. The number of hydrogen-bond acceptors (Lipinski definition) is 4. The molecule has 0 aromatic heterocycles. The maximum absolute atomic E-state index is 10.7. The first-order valence-electron chi connectivity index (χ1n) is 5.38. The summed E-state index contributed by atoms with van der Waals surface area (Å²) in [6.07, 6.45) is 0.720. The van der Waals surface area contributed by atoms with E-state index in [9.17, 15) is 14.9 Å². The maximum atomic E-state index is 10.7. The van der Waals surface area contributed by atoms with E-state index < -0.39 is 4.92 Å². The van der Waals surface area contributed by atoms with Crippen molar-refractivity contribution in [2.75, 3.05) is 0 Å². The van der Waals surface area contributed by atoms with E-state index in [1.54, 1.807) is 18.2 Å². The highest BCUT2D eigenvalue weighted by Crippen LogP contribution is 2.34. The minimum absolute atomic E-state index is 0.00636. The first-order valence-corrected chi connectivity index (χ1v) is 6.55. The molecule has 2 rings (SSSR count). The Morgan fingerprint density at radius 1 is 1.25 bits per heavy atom. The summed E-state index contributed by atoms with van der Waals surface area (Å²) >= 11 is 9.07. The topological polar surface area (TPSA) is 69.4 Å². The zero-order chi connectivity index (χ0) is 14.7. The van der Waals surface area contributed by atoms with Crippen molar-refractivity contribution in [1.29, 1.82) is 0 Å². The van der Waals surface area contributed by atoms with E-state index in [1.807, 2.05) is 0 Å². The van der Waals surface area contributed by atoms with Gasteiger partial charge in [0, 0.05) is 17.7 Å². The Labute approximate surface area is 127 Å². The van der Waals surface area contributed by atoms with Crippen molar-refractivity contribution in [2.24, 2.45) is 0 Å². The third-order valence-corrected chi connectivity index (χ3v) is 3.36. The van der Waals surface area contributed by atoms with E-state index in [4.69, 9.17) is 16.3 Å². The van der Waals surface area contributed by atoms with Crippen LogP contribution < -0.4 is 4.74 Å². The average Bonchev–Trinajstić information content (AvgIpc) is 2.40. The van der Waals surface area contributed by atoms with Gasteiger partial charge in [-0.3, -0.25) is 14.9 Å². The van der Waals surface area contributed by atoms with Gasteiger partial charge >= 0.3 is 0 Å². The lowest BCUT2D eigenvalue weighted by Gasteiger charge is -2.08. The minimum atomic E-state index is -0.569. The monoisotopic (exact) mass is 355 g/mol. The molecule has 0 N–H and O–H groups in total. The summed E-state index contributed by atoms with van der Waals surface area (Å²) < 4.78 is 6.15. The minimum Gasteiger partial charge on any atom is -0.456 e. The van der Waals surface area contributed by atoms with Crippen LogP contribution in [0.2, 0.25) is 5.02 Å². The number of halogens is 2. The van der Waals surface area contributed by atoms with E-state index in [1.165, 1.54) is 18.2 Å². The molecular formula is C13H7BrClNO4. The van der Waals surface area contributed by atoms with E-state index in [2.05, 4.69) is 15.9 Å². The van der Waals surface area contributed by atoms with Gasteiger partial charge in [0.1, 0.15) is 22.8 Å². The van der Waals surface area contributed by atoms with Crippen LogP contribution in [-0.2, 0) is 0 Å². The van der Waals surface area contributed by atoms with Crippen LogP contribution in [0.15, 0.2) is 40.9 Å². The summed E-state index contributed by atoms with van der Waals surface area (Å²) in [4.78, 5) is 20.7. The van der Waals surface area contributed by atoms with Crippen molar-refractivity contribution in [3.05, 3.63) is 61.6 Å². The van der Waals surface area contributed by atoms with Crippen molar-refractivity contribution in [3.8, 4) is 11.5 Å².